The Morgan fingerprint density at radius 2 is 0.976 bits per heavy atom. The Kier molecular flexibility index (Phi) is 24.0. The molecule has 0 bridgehead atoms. The molecule has 3 aliphatic heterocycles. The molecule has 0 aliphatic carbocycles. The molecule has 25 heteroatoms. The van der Waals surface area contributed by atoms with Gasteiger partial charge in [-0.05, 0) is 140 Å². The average molecular weight is 1350 g/mol. The number of aromatic nitrogens is 4. The standard InChI is InChI=1S/C23H30BFN2O5.C17H18BrFN2O3.C11H10BrFO3.C7H4BrFO2/c1-6-30-21(28)18-14-26-27(16-9-11-29-12-10-16)20(18)17-8-7-15(13-19(17)25)24-31-22(2,3)23(4,5)32-24;1-2-24-17(22)14-10-20-21(12-5-7-23-8-6-12)16(14)13-4-3-11(18)9-15(13)19;1-2-16-11(15)6-10(14)8-4-3-7(12)5-9(8)13;8-4-1-2-5(7(10)11)6(9)3-4/h7-8,13-14,16H,6,9-12H2,1-5H3;3-4,9-10,12H,2,5-8H2,1H3;3-5H,2,6H2,1H3;1-3H,(H,10,11). The molecule has 0 atom stereocenters. The van der Waals surface area contributed by atoms with E-state index >= 15 is 4.39 Å². The van der Waals surface area contributed by atoms with Crippen LogP contribution in [0.4, 0.5) is 17.6 Å². The number of benzene rings is 4. The lowest BCUT2D eigenvalue weighted by atomic mass is 9.78. The molecule has 0 saturated carbocycles. The van der Waals surface area contributed by atoms with E-state index in [-0.39, 0.29) is 59.7 Å². The first-order chi connectivity index (χ1) is 39.4. The minimum absolute atomic E-state index is 0.0177. The molecule has 3 fully saturated rings. The second kappa shape index (κ2) is 30.1. The van der Waals surface area contributed by atoms with E-state index in [2.05, 4.69) is 62.7 Å². The van der Waals surface area contributed by atoms with E-state index in [1.54, 1.807) is 60.5 Å². The zero-order chi connectivity index (χ0) is 60.8. The highest BCUT2D eigenvalue weighted by Crippen LogP contribution is 2.38. The summed E-state index contributed by atoms with van der Waals surface area (Å²) < 4.78 is 99.1. The third kappa shape index (κ3) is 17.1. The summed E-state index contributed by atoms with van der Waals surface area (Å²) in [6.07, 6.45) is 5.51. The quantitative estimate of drug-likeness (QED) is 0.0269. The third-order valence-corrected chi connectivity index (χ3v) is 15.1. The number of halogens is 7. The number of carbonyl (C=O) groups excluding carboxylic acids is 4. The molecule has 0 amide bonds. The maximum absolute atomic E-state index is 15.5. The van der Waals surface area contributed by atoms with E-state index in [1.165, 1.54) is 48.8 Å². The van der Waals surface area contributed by atoms with Crippen molar-refractivity contribution in [2.45, 2.75) is 104 Å². The van der Waals surface area contributed by atoms with Crippen LogP contribution in [0, 0.1) is 23.3 Å². The van der Waals surface area contributed by atoms with Crippen molar-refractivity contribution in [2.24, 2.45) is 0 Å². The molecule has 444 valence electrons. The summed E-state index contributed by atoms with van der Waals surface area (Å²) in [5.74, 6) is -5.76. The molecule has 0 unspecified atom stereocenters. The molecular weight excluding hydrogens is 1290 g/mol. The van der Waals surface area contributed by atoms with E-state index in [0.717, 1.165) is 31.7 Å². The van der Waals surface area contributed by atoms with Crippen LogP contribution in [0.3, 0.4) is 0 Å². The lowest BCUT2D eigenvalue weighted by Gasteiger charge is -2.32. The first kappa shape index (κ1) is 66.1. The molecule has 6 aromatic rings. The summed E-state index contributed by atoms with van der Waals surface area (Å²) >= 11 is 9.35. The van der Waals surface area contributed by atoms with E-state index in [0.29, 0.717) is 62.3 Å². The van der Waals surface area contributed by atoms with Crippen LogP contribution in [0.25, 0.3) is 22.5 Å². The Bertz CT molecular complexity index is 3260. The molecule has 9 rings (SSSR count). The summed E-state index contributed by atoms with van der Waals surface area (Å²) in [5.41, 5.74) is 1.17. The van der Waals surface area contributed by atoms with Crippen molar-refractivity contribution in [1.82, 2.24) is 19.6 Å². The van der Waals surface area contributed by atoms with E-state index < -0.39 is 77.7 Å². The molecule has 17 nitrogen and oxygen atoms in total. The Morgan fingerprint density at radius 3 is 1.37 bits per heavy atom. The number of ether oxygens (including phenoxy) is 5. The summed E-state index contributed by atoms with van der Waals surface area (Å²) in [6, 6.07) is 17.6. The van der Waals surface area contributed by atoms with Gasteiger partial charge in [-0.2, -0.15) is 10.2 Å². The van der Waals surface area contributed by atoms with Crippen LogP contribution < -0.4 is 5.46 Å². The number of ketones is 1. The Balaban J connectivity index is 0.000000191. The van der Waals surface area contributed by atoms with Gasteiger partial charge >= 0.3 is 31.0 Å². The minimum atomic E-state index is -1.25. The van der Waals surface area contributed by atoms with Gasteiger partial charge in [0.25, 0.3) is 0 Å². The molecule has 0 radical (unpaired) electrons. The normalized spacial score (nSPS) is 15.6. The summed E-state index contributed by atoms with van der Waals surface area (Å²) in [5, 5.41) is 17.2. The number of carbonyl (C=O) groups is 5. The lowest BCUT2D eigenvalue weighted by Crippen LogP contribution is -2.41. The van der Waals surface area contributed by atoms with Gasteiger partial charge in [-0.3, -0.25) is 19.0 Å². The van der Waals surface area contributed by atoms with Crippen LogP contribution in [0.2, 0.25) is 0 Å². The number of aromatic carboxylic acids is 1. The van der Waals surface area contributed by atoms with Crippen LogP contribution in [0.15, 0.2) is 98.6 Å². The molecule has 4 aromatic carbocycles. The first-order valence-corrected chi connectivity index (χ1v) is 28.9. The van der Waals surface area contributed by atoms with E-state index in [4.69, 9.17) is 33.4 Å². The molecule has 1 N–H and O–H groups in total. The monoisotopic (exact) mass is 1350 g/mol. The van der Waals surface area contributed by atoms with Gasteiger partial charge in [-0.15, -0.1) is 0 Å². The Labute approximate surface area is 503 Å². The van der Waals surface area contributed by atoms with Crippen LogP contribution in [0.1, 0.15) is 134 Å². The number of esters is 3. The number of hydrogen-bond acceptors (Lipinski definition) is 14. The van der Waals surface area contributed by atoms with Gasteiger partial charge in [0.2, 0.25) is 0 Å². The predicted octanol–water partition coefficient (Wildman–Crippen LogP) is 12.5. The highest BCUT2D eigenvalue weighted by atomic mass is 79.9. The Hall–Kier alpha value is -6.09. The van der Waals surface area contributed by atoms with Gasteiger partial charge in [-0.1, -0.05) is 59.9 Å². The SMILES string of the molecule is CCOC(=O)CC(=O)c1ccc(Br)cc1F.CCOC(=O)c1cnn(C2CCOCC2)c1-c1ccc(B2OC(C)(C)C(C)(C)O2)cc1F.CCOC(=O)c1cnn(C2CCOCC2)c1-c1ccc(Br)cc1F.O=C(O)c1ccc(Br)cc1F. The number of carboxylic acids is 1. The van der Waals surface area contributed by atoms with E-state index in [1.807, 2.05) is 27.7 Å². The van der Waals surface area contributed by atoms with Crippen molar-refractivity contribution in [1.29, 1.82) is 0 Å². The van der Waals surface area contributed by atoms with Gasteiger partial charge < -0.3 is 38.1 Å². The van der Waals surface area contributed by atoms with Gasteiger partial charge in [0.15, 0.2) is 5.78 Å². The van der Waals surface area contributed by atoms with Crippen LogP contribution in [-0.2, 0) is 37.8 Å². The lowest BCUT2D eigenvalue weighted by molar-refractivity contribution is -0.142. The number of hydrogen-bond donors (Lipinski definition) is 1. The maximum atomic E-state index is 15.5. The van der Waals surface area contributed by atoms with Gasteiger partial charge in [0.05, 0.1) is 78.0 Å². The van der Waals surface area contributed by atoms with Crippen molar-refractivity contribution in [2.75, 3.05) is 46.2 Å². The zero-order valence-corrected chi connectivity index (χ0v) is 51.3. The molecule has 0 spiro atoms. The van der Waals surface area contributed by atoms with Gasteiger partial charge in [0, 0.05) is 51.0 Å². The van der Waals surface area contributed by atoms with Crippen molar-refractivity contribution in [3.8, 4) is 22.5 Å². The fourth-order valence-corrected chi connectivity index (χ4v) is 9.74. The number of rotatable bonds is 14. The number of Topliss-reactive ketones (excluding diaryl/α,β-unsaturated/α-hetero) is 1. The third-order valence-electron chi connectivity index (χ3n) is 13.6. The van der Waals surface area contributed by atoms with Crippen molar-refractivity contribution < 1.29 is 79.6 Å². The average Bonchev–Trinajstić information content (AvgIpc) is 4.31. The Morgan fingerprint density at radius 1 is 0.578 bits per heavy atom. The molecule has 83 heavy (non-hydrogen) atoms. The molecule has 2 aromatic heterocycles. The van der Waals surface area contributed by atoms with Crippen molar-refractivity contribution in [3.63, 3.8) is 0 Å². The van der Waals surface area contributed by atoms with Crippen LogP contribution >= 0.6 is 47.8 Å². The highest BCUT2D eigenvalue weighted by molar-refractivity contribution is 9.11. The second-order valence-electron chi connectivity index (χ2n) is 19.7. The van der Waals surface area contributed by atoms with Gasteiger partial charge in [0.1, 0.15) is 40.8 Å². The number of nitrogens with zero attached hydrogens (tertiary/aromatic N) is 4. The predicted molar refractivity (Wildman–Crippen MR) is 309 cm³/mol. The fourth-order valence-electron chi connectivity index (χ4n) is 8.74. The molecular formula is C58H62BBr3F4N4O13. The summed E-state index contributed by atoms with van der Waals surface area (Å²) in [4.78, 5) is 57.7. The van der Waals surface area contributed by atoms with E-state index in [9.17, 15) is 37.1 Å². The van der Waals surface area contributed by atoms with Crippen LogP contribution in [0.5, 0.6) is 0 Å². The topological polar surface area (TPSA) is 206 Å². The molecule has 5 heterocycles. The smallest absolute Gasteiger partial charge is 0.478 e. The van der Waals surface area contributed by atoms with Crippen molar-refractivity contribution in [3.05, 3.63) is 144 Å². The number of carboxylic acid groups (broad SMARTS) is 1. The maximum Gasteiger partial charge on any atom is 0.494 e. The zero-order valence-electron chi connectivity index (χ0n) is 46.6. The highest BCUT2D eigenvalue weighted by Gasteiger charge is 2.52. The first-order valence-electron chi connectivity index (χ1n) is 26.5. The van der Waals surface area contributed by atoms with Crippen molar-refractivity contribution >= 4 is 90.0 Å². The minimum Gasteiger partial charge on any atom is -0.478 e. The second-order valence-corrected chi connectivity index (χ2v) is 22.5. The van der Waals surface area contributed by atoms with Gasteiger partial charge in [-0.25, -0.2) is 31.9 Å². The summed E-state index contributed by atoms with van der Waals surface area (Å²) in [7, 11) is -0.673. The largest absolute Gasteiger partial charge is 0.494 e. The summed E-state index contributed by atoms with van der Waals surface area (Å²) in [6.45, 7) is 16.1. The molecule has 3 saturated heterocycles. The van der Waals surface area contributed by atoms with Crippen LogP contribution in [-0.4, -0.2) is 119 Å². The molecule has 3 aliphatic rings. The fraction of sp³-hybridized carbons (Fsp3) is 0.397.